The number of hydrogen-bond donors (Lipinski definition) is 2. The highest BCUT2D eigenvalue weighted by molar-refractivity contribution is 7.98. The Bertz CT molecular complexity index is 1030. The third-order valence-electron chi connectivity index (χ3n) is 7.46. The summed E-state index contributed by atoms with van der Waals surface area (Å²) in [5.41, 5.74) is 4.68. The highest BCUT2D eigenvalue weighted by atomic mass is 32.2. The SMILES string of the molecule is CSCC[C@H](NC(=O)c1ccc(C[N+](C)(C)CCC2CCCCC2)cc1-c1ccccc1C)C(=O)O. The number of aryl methyl sites for hydroxylation is 1. The number of benzene rings is 2. The fourth-order valence-electron chi connectivity index (χ4n) is 5.30. The topological polar surface area (TPSA) is 66.4 Å². The molecule has 0 spiro atoms. The molecule has 2 aromatic rings. The molecule has 1 saturated carbocycles. The maximum absolute atomic E-state index is 13.3. The monoisotopic (exact) mass is 511 g/mol. The first-order chi connectivity index (χ1) is 17.2. The first kappa shape index (κ1) is 28.3. The van der Waals surface area contributed by atoms with Gasteiger partial charge in [0.05, 0.1) is 20.6 Å². The highest BCUT2D eigenvalue weighted by Gasteiger charge is 2.25. The lowest BCUT2D eigenvalue weighted by Gasteiger charge is -2.32. The number of carboxylic acid groups (broad SMARTS) is 1. The quantitative estimate of drug-likeness (QED) is 0.336. The molecule has 3 rings (SSSR count). The maximum atomic E-state index is 13.3. The highest BCUT2D eigenvalue weighted by Crippen LogP contribution is 2.30. The average Bonchev–Trinajstić information content (AvgIpc) is 2.85. The van der Waals surface area contributed by atoms with E-state index >= 15 is 0 Å². The van der Waals surface area contributed by atoms with Gasteiger partial charge in [-0.1, -0.05) is 62.4 Å². The maximum Gasteiger partial charge on any atom is 0.326 e. The minimum absolute atomic E-state index is 0.334. The van der Waals surface area contributed by atoms with Crippen LogP contribution >= 0.6 is 11.8 Å². The van der Waals surface area contributed by atoms with Crippen LogP contribution in [0.3, 0.4) is 0 Å². The Morgan fingerprint density at radius 3 is 2.47 bits per heavy atom. The molecule has 0 unspecified atom stereocenters. The molecule has 2 N–H and O–H groups in total. The third kappa shape index (κ3) is 8.10. The second kappa shape index (κ2) is 13.3. The number of nitrogens with one attached hydrogen (secondary N) is 1. The number of carbonyl (C=O) groups excluding carboxylic acids is 1. The van der Waals surface area contributed by atoms with Gasteiger partial charge in [0.2, 0.25) is 0 Å². The lowest BCUT2D eigenvalue weighted by molar-refractivity contribution is -0.904. The number of rotatable bonds is 12. The zero-order valence-electron chi connectivity index (χ0n) is 22.4. The van der Waals surface area contributed by atoms with Crippen LogP contribution in [0.2, 0.25) is 0 Å². The molecule has 1 atom stereocenters. The molecular weight excluding hydrogens is 468 g/mol. The largest absolute Gasteiger partial charge is 0.480 e. The van der Waals surface area contributed by atoms with Crippen LogP contribution < -0.4 is 5.32 Å². The van der Waals surface area contributed by atoms with E-state index in [-0.39, 0.29) is 5.91 Å². The molecule has 0 bridgehead atoms. The lowest BCUT2D eigenvalue weighted by Crippen LogP contribution is -2.41. The van der Waals surface area contributed by atoms with Gasteiger partial charge >= 0.3 is 5.97 Å². The summed E-state index contributed by atoms with van der Waals surface area (Å²) in [4.78, 5) is 25.1. The van der Waals surface area contributed by atoms with Crippen molar-refractivity contribution < 1.29 is 19.2 Å². The zero-order valence-corrected chi connectivity index (χ0v) is 23.2. The number of carbonyl (C=O) groups is 2. The first-order valence-electron chi connectivity index (χ1n) is 13.2. The van der Waals surface area contributed by atoms with E-state index in [0.717, 1.165) is 40.2 Å². The minimum Gasteiger partial charge on any atom is -0.480 e. The van der Waals surface area contributed by atoms with Crippen molar-refractivity contribution in [3.05, 3.63) is 59.2 Å². The molecule has 0 radical (unpaired) electrons. The molecule has 0 aliphatic heterocycles. The summed E-state index contributed by atoms with van der Waals surface area (Å²) in [6, 6.07) is 13.2. The van der Waals surface area contributed by atoms with Gasteiger partial charge in [-0.3, -0.25) is 4.79 Å². The molecule has 36 heavy (non-hydrogen) atoms. The third-order valence-corrected chi connectivity index (χ3v) is 8.10. The van der Waals surface area contributed by atoms with Crippen molar-refractivity contribution in [2.45, 2.75) is 64.5 Å². The van der Waals surface area contributed by atoms with Crippen molar-refractivity contribution in [1.29, 1.82) is 0 Å². The Morgan fingerprint density at radius 1 is 1.08 bits per heavy atom. The van der Waals surface area contributed by atoms with Crippen LogP contribution in [-0.4, -0.2) is 60.2 Å². The van der Waals surface area contributed by atoms with Gasteiger partial charge in [0, 0.05) is 11.1 Å². The van der Waals surface area contributed by atoms with Crippen molar-refractivity contribution in [2.24, 2.45) is 5.92 Å². The van der Waals surface area contributed by atoms with Crippen molar-refractivity contribution in [3.63, 3.8) is 0 Å². The van der Waals surface area contributed by atoms with E-state index in [9.17, 15) is 14.7 Å². The van der Waals surface area contributed by atoms with E-state index in [4.69, 9.17) is 0 Å². The Hall–Kier alpha value is -2.31. The van der Waals surface area contributed by atoms with E-state index in [1.54, 1.807) is 11.8 Å². The summed E-state index contributed by atoms with van der Waals surface area (Å²) < 4.78 is 0.908. The van der Waals surface area contributed by atoms with Gasteiger partial charge in [0.15, 0.2) is 0 Å². The van der Waals surface area contributed by atoms with Crippen LogP contribution in [0.1, 0.15) is 66.4 Å². The smallest absolute Gasteiger partial charge is 0.326 e. The zero-order chi connectivity index (χ0) is 26.1. The minimum atomic E-state index is -0.997. The number of amides is 1. The molecule has 196 valence electrons. The Balaban J connectivity index is 1.84. The van der Waals surface area contributed by atoms with Gasteiger partial charge in [-0.05, 0) is 66.5 Å². The molecule has 6 heteroatoms. The van der Waals surface area contributed by atoms with Crippen molar-refractivity contribution in [1.82, 2.24) is 5.32 Å². The van der Waals surface area contributed by atoms with Crippen LogP contribution in [0.5, 0.6) is 0 Å². The van der Waals surface area contributed by atoms with Gasteiger partial charge in [0.1, 0.15) is 12.6 Å². The molecule has 1 amide bonds. The van der Waals surface area contributed by atoms with Gasteiger partial charge in [-0.25, -0.2) is 4.79 Å². The van der Waals surface area contributed by atoms with Crippen molar-refractivity contribution in [2.75, 3.05) is 32.6 Å². The average molecular weight is 512 g/mol. The fourth-order valence-corrected chi connectivity index (χ4v) is 5.77. The predicted molar refractivity (Wildman–Crippen MR) is 150 cm³/mol. The lowest BCUT2D eigenvalue weighted by atomic mass is 9.87. The van der Waals surface area contributed by atoms with Gasteiger partial charge in [-0.2, -0.15) is 11.8 Å². The summed E-state index contributed by atoms with van der Waals surface area (Å²) in [7, 11) is 4.58. The summed E-state index contributed by atoms with van der Waals surface area (Å²) in [5, 5.41) is 12.4. The number of thioether (sulfide) groups is 1. The normalized spacial score (nSPS) is 15.4. The van der Waals surface area contributed by atoms with Crippen molar-refractivity contribution >= 4 is 23.6 Å². The summed E-state index contributed by atoms with van der Waals surface area (Å²) >= 11 is 1.58. The van der Waals surface area contributed by atoms with E-state index in [1.165, 1.54) is 44.1 Å². The predicted octanol–water partition coefficient (Wildman–Crippen LogP) is 6.14. The summed E-state index contributed by atoms with van der Waals surface area (Å²) in [5.74, 6) is 0.204. The van der Waals surface area contributed by atoms with Crippen molar-refractivity contribution in [3.8, 4) is 11.1 Å². The molecule has 5 nitrogen and oxygen atoms in total. The van der Waals surface area contributed by atoms with E-state index in [2.05, 4.69) is 25.5 Å². The van der Waals surface area contributed by atoms with E-state index in [1.807, 2.05) is 49.6 Å². The molecule has 0 heterocycles. The number of nitrogens with zero attached hydrogens (tertiary/aromatic N) is 1. The summed E-state index contributed by atoms with van der Waals surface area (Å²) in [6.45, 7) is 4.08. The van der Waals surface area contributed by atoms with Gasteiger partial charge < -0.3 is 14.9 Å². The molecule has 2 aromatic carbocycles. The summed E-state index contributed by atoms with van der Waals surface area (Å²) in [6.07, 6.45) is 10.5. The molecule has 1 fully saturated rings. The van der Waals surface area contributed by atoms with Gasteiger partial charge in [-0.15, -0.1) is 0 Å². The Morgan fingerprint density at radius 2 is 1.81 bits per heavy atom. The number of hydrogen-bond acceptors (Lipinski definition) is 3. The Labute approximate surface area is 221 Å². The fraction of sp³-hybridized carbons (Fsp3) is 0.533. The van der Waals surface area contributed by atoms with Crippen LogP contribution in [-0.2, 0) is 11.3 Å². The number of carboxylic acids is 1. The number of aliphatic carboxylic acids is 1. The molecule has 1 aliphatic rings. The van der Waals surface area contributed by atoms with Crippen LogP contribution in [0.15, 0.2) is 42.5 Å². The van der Waals surface area contributed by atoms with Crippen LogP contribution in [0, 0.1) is 12.8 Å². The first-order valence-corrected chi connectivity index (χ1v) is 14.6. The molecule has 0 aromatic heterocycles. The second-order valence-corrected chi connectivity index (χ2v) is 11.9. The Kier molecular flexibility index (Phi) is 10.4. The standard InChI is InChI=1S/C30H42N2O3S/c1-22-10-8-9-13-25(22)27-20-24(21-32(2,3)18-16-23-11-6-5-7-12-23)14-15-26(27)29(33)31-28(30(34)35)17-19-36-4/h8-10,13-15,20,23,28H,5-7,11-12,16-19,21H2,1-4H3,(H-,31,33,34,35)/p+1/t28-/m0/s1. The van der Waals surface area contributed by atoms with Crippen LogP contribution in [0.25, 0.3) is 11.1 Å². The second-order valence-electron chi connectivity index (χ2n) is 11.0. The van der Waals surface area contributed by atoms with Gasteiger partial charge in [0.25, 0.3) is 5.91 Å². The van der Waals surface area contributed by atoms with Crippen LogP contribution in [0.4, 0.5) is 0 Å². The number of quaternary nitrogens is 1. The van der Waals surface area contributed by atoms with E-state index < -0.39 is 12.0 Å². The molecular formula is C30H43N2O3S+. The van der Waals surface area contributed by atoms with E-state index in [0.29, 0.717) is 17.7 Å². The molecule has 0 saturated heterocycles. The molecule has 1 aliphatic carbocycles.